The fraction of sp³-hybridized carbons (Fsp3) is 0.364. The average Bonchev–Trinajstić information content (AvgIpc) is 2.08. The Bertz CT molecular complexity index is 363. The third kappa shape index (κ3) is 1.94. The van der Waals surface area contributed by atoms with Gasteiger partial charge in [-0.1, -0.05) is 25.1 Å². The van der Waals surface area contributed by atoms with Crippen molar-refractivity contribution >= 4 is 12.2 Å². The minimum Gasteiger partial charge on any atom is -0.254 e. The fourth-order valence-electron chi connectivity index (χ4n) is 1.21. The maximum absolute atomic E-state index is 4.42. The number of nitrogens with zero attached hydrogens (tertiary/aromatic N) is 1. The molecule has 1 rings (SSSR count). The number of rotatable bonds is 1. The lowest BCUT2D eigenvalue weighted by Crippen LogP contribution is -2.27. The zero-order valence-electron chi connectivity index (χ0n) is 7.96. The van der Waals surface area contributed by atoms with Crippen LogP contribution in [0.2, 0.25) is 0 Å². The summed E-state index contributed by atoms with van der Waals surface area (Å²) < 4.78 is 0. The zero-order valence-corrected chi connectivity index (χ0v) is 7.96. The number of hydrogen-bond donors (Lipinski definition) is 0. The molecule has 0 saturated carbocycles. The van der Waals surface area contributed by atoms with E-state index >= 15 is 0 Å². The first-order valence-corrected chi connectivity index (χ1v) is 4.38. The lowest BCUT2D eigenvalue weighted by atomic mass is 10.2. The van der Waals surface area contributed by atoms with E-state index in [-0.39, 0.29) is 0 Å². The summed E-state index contributed by atoms with van der Waals surface area (Å²) in [6, 6.07) is 4.18. The van der Waals surface area contributed by atoms with Gasteiger partial charge in [0.1, 0.15) is 0 Å². The molecule has 0 radical (unpaired) electrons. The van der Waals surface area contributed by atoms with E-state index in [1.54, 1.807) is 0 Å². The average molecular weight is 161 g/mol. The second-order valence-corrected chi connectivity index (χ2v) is 2.83. The number of hydrogen-bond acceptors (Lipinski definition) is 1. The number of pyridine rings is 1. The molecule has 1 aromatic rings. The highest BCUT2D eigenvalue weighted by molar-refractivity contribution is 5.27. The SMILES string of the molecule is C/C=c1/nc(C)cc/c1=C/CC. The molecule has 0 bridgehead atoms. The second kappa shape index (κ2) is 4.05. The van der Waals surface area contributed by atoms with Crippen LogP contribution in [-0.4, -0.2) is 4.98 Å². The summed E-state index contributed by atoms with van der Waals surface area (Å²) in [6.07, 6.45) is 5.31. The van der Waals surface area contributed by atoms with Crippen molar-refractivity contribution in [2.75, 3.05) is 0 Å². The summed E-state index contributed by atoms with van der Waals surface area (Å²) in [5.74, 6) is 0. The van der Waals surface area contributed by atoms with Crippen molar-refractivity contribution in [3.63, 3.8) is 0 Å². The summed E-state index contributed by atoms with van der Waals surface area (Å²) in [4.78, 5) is 4.42. The third-order valence-electron chi connectivity index (χ3n) is 1.79. The Morgan fingerprint density at radius 1 is 1.42 bits per heavy atom. The summed E-state index contributed by atoms with van der Waals surface area (Å²) in [6.45, 7) is 6.18. The van der Waals surface area contributed by atoms with Gasteiger partial charge in [0.05, 0.1) is 5.35 Å². The Labute approximate surface area is 73.5 Å². The van der Waals surface area contributed by atoms with E-state index in [1.807, 2.05) is 13.8 Å². The molecule has 0 unspecified atom stereocenters. The Balaban J connectivity index is 3.42. The Hall–Kier alpha value is -1.11. The molecule has 1 heteroatoms. The quantitative estimate of drug-likeness (QED) is 0.606. The summed E-state index contributed by atoms with van der Waals surface area (Å²) >= 11 is 0. The van der Waals surface area contributed by atoms with Crippen molar-refractivity contribution < 1.29 is 0 Å². The van der Waals surface area contributed by atoms with Crippen LogP contribution in [0.3, 0.4) is 0 Å². The maximum atomic E-state index is 4.42. The van der Waals surface area contributed by atoms with Gasteiger partial charge in [-0.05, 0) is 31.6 Å². The summed E-state index contributed by atoms with van der Waals surface area (Å²) in [5.41, 5.74) is 1.08. The molecule has 0 amide bonds. The van der Waals surface area contributed by atoms with Crippen LogP contribution in [-0.2, 0) is 0 Å². The van der Waals surface area contributed by atoms with Gasteiger partial charge < -0.3 is 0 Å². The molecule has 0 spiro atoms. The van der Waals surface area contributed by atoms with Gasteiger partial charge in [-0.3, -0.25) is 4.98 Å². The van der Waals surface area contributed by atoms with Crippen LogP contribution in [0, 0.1) is 6.92 Å². The van der Waals surface area contributed by atoms with E-state index < -0.39 is 0 Å². The monoisotopic (exact) mass is 161 g/mol. The lowest BCUT2D eigenvalue weighted by molar-refractivity contribution is 1.12. The van der Waals surface area contributed by atoms with Crippen LogP contribution in [0.4, 0.5) is 0 Å². The zero-order chi connectivity index (χ0) is 8.97. The van der Waals surface area contributed by atoms with Crippen molar-refractivity contribution in [3.8, 4) is 0 Å². The maximum Gasteiger partial charge on any atom is 0.0659 e. The molecule has 1 heterocycles. The van der Waals surface area contributed by atoms with Gasteiger partial charge in [-0.15, -0.1) is 0 Å². The van der Waals surface area contributed by atoms with Crippen LogP contribution >= 0.6 is 0 Å². The molecular weight excluding hydrogens is 146 g/mol. The van der Waals surface area contributed by atoms with E-state index in [0.717, 1.165) is 17.5 Å². The predicted octanol–water partition coefficient (Wildman–Crippen LogP) is 1.38. The highest BCUT2D eigenvalue weighted by Gasteiger charge is 1.86. The van der Waals surface area contributed by atoms with Crippen LogP contribution < -0.4 is 10.6 Å². The minimum absolute atomic E-state index is 1.06. The van der Waals surface area contributed by atoms with E-state index in [9.17, 15) is 0 Å². The Morgan fingerprint density at radius 3 is 2.75 bits per heavy atom. The highest BCUT2D eigenvalue weighted by atomic mass is 14.7. The molecule has 0 aliphatic heterocycles. The van der Waals surface area contributed by atoms with Gasteiger partial charge in [0, 0.05) is 5.69 Å². The lowest BCUT2D eigenvalue weighted by Gasteiger charge is -1.92. The van der Waals surface area contributed by atoms with Crippen LogP contribution in [0.1, 0.15) is 26.0 Å². The molecule has 0 aliphatic rings. The second-order valence-electron chi connectivity index (χ2n) is 2.83. The first-order chi connectivity index (χ1) is 5.77. The predicted molar refractivity (Wildman–Crippen MR) is 53.1 cm³/mol. The standard InChI is InChI=1S/C11H15N/c1-4-6-10-8-7-9(3)12-11(10)5-2/h5-8H,4H2,1-3H3/b10-6-,11-5+. The van der Waals surface area contributed by atoms with E-state index in [1.165, 1.54) is 5.22 Å². The molecule has 0 aliphatic carbocycles. The van der Waals surface area contributed by atoms with Crippen molar-refractivity contribution in [2.45, 2.75) is 27.2 Å². The van der Waals surface area contributed by atoms with E-state index in [4.69, 9.17) is 0 Å². The molecule has 1 aromatic heterocycles. The topological polar surface area (TPSA) is 12.9 Å². The fourth-order valence-corrected chi connectivity index (χ4v) is 1.21. The first-order valence-electron chi connectivity index (χ1n) is 4.38. The van der Waals surface area contributed by atoms with Gasteiger partial charge in [0.2, 0.25) is 0 Å². The molecule has 0 N–H and O–H groups in total. The first kappa shape index (κ1) is 8.98. The van der Waals surface area contributed by atoms with E-state index in [0.29, 0.717) is 0 Å². The largest absolute Gasteiger partial charge is 0.254 e. The molecule has 0 aromatic carbocycles. The molecule has 1 nitrogen and oxygen atoms in total. The molecular formula is C11H15N. The third-order valence-corrected chi connectivity index (χ3v) is 1.79. The Kier molecular flexibility index (Phi) is 3.03. The van der Waals surface area contributed by atoms with Crippen molar-refractivity contribution in [1.29, 1.82) is 0 Å². The molecule has 12 heavy (non-hydrogen) atoms. The van der Waals surface area contributed by atoms with Gasteiger partial charge in [0.25, 0.3) is 0 Å². The molecule has 0 atom stereocenters. The summed E-state index contributed by atoms with van der Waals surface area (Å²) in [7, 11) is 0. The van der Waals surface area contributed by atoms with Crippen molar-refractivity contribution in [2.24, 2.45) is 0 Å². The Morgan fingerprint density at radius 2 is 2.17 bits per heavy atom. The van der Waals surface area contributed by atoms with Gasteiger partial charge in [-0.25, -0.2) is 0 Å². The molecule has 0 saturated heterocycles. The number of aryl methyl sites for hydroxylation is 1. The van der Waals surface area contributed by atoms with Crippen LogP contribution in [0.25, 0.3) is 12.2 Å². The van der Waals surface area contributed by atoms with Crippen LogP contribution in [0.15, 0.2) is 12.1 Å². The number of aromatic nitrogens is 1. The van der Waals surface area contributed by atoms with E-state index in [2.05, 4.69) is 36.2 Å². The molecule has 64 valence electrons. The minimum atomic E-state index is 1.06. The van der Waals surface area contributed by atoms with Crippen molar-refractivity contribution in [3.05, 3.63) is 28.4 Å². The van der Waals surface area contributed by atoms with Gasteiger partial charge >= 0.3 is 0 Å². The van der Waals surface area contributed by atoms with Crippen LogP contribution in [0.5, 0.6) is 0 Å². The van der Waals surface area contributed by atoms with Gasteiger partial charge in [-0.2, -0.15) is 0 Å². The smallest absolute Gasteiger partial charge is 0.0659 e. The summed E-state index contributed by atoms with van der Waals surface area (Å²) in [5, 5.41) is 2.34. The van der Waals surface area contributed by atoms with Gasteiger partial charge in [0.15, 0.2) is 0 Å². The van der Waals surface area contributed by atoms with Crippen molar-refractivity contribution in [1.82, 2.24) is 4.98 Å². The highest BCUT2D eigenvalue weighted by Crippen LogP contribution is 1.81. The normalized spacial score (nSPS) is 13.9. The molecule has 0 fully saturated rings.